The van der Waals surface area contributed by atoms with Gasteiger partial charge in [0, 0.05) is 16.3 Å². The number of hydrogen-bond donors (Lipinski definition) is 2. The summed E-state index contributed by atoms with van der Waals surface area (Å²) in [6.45, 7) is 3.74. The third kappa shape index (κ3) is 3.89. The molecule has 0 fully saturated rings. The summed E-state index contributed by atoms with van der Waals surface area (Å²) in [6.07, 6.45) is -0.0587. The number of carbonyl (C=O) groups excluding carboxylic acids is 2. The Balaban J connectivity index is 1.60. The maximum Gasteiger partial charge on any atom is 0.251 e. The monoisotopic (exact) mass is 454 g/mol. The lowest BCUT2D eigenvalue weighted by Crippen LogP contribution is -2.23. The van der Waals surface area contributed by atoms with Crippen LogP contribution in [0.4, 0.5) is 11.5 Å². The van der Waals surface area contributed by atoms with E-state index in [1.165, 1.54) is 0 Å². The number of halogens is 1. The molecule has 1 aliphatic rings. The number of amides is 2. The number of aryl methyl sites for hydroxylation is 2. The Labute approximate surface area is 190 Å². The van der Waals surface area contributed by atoms with Crippen LogP contribution >= 0.6 is 11.6 Å². The van der Waals surface area contributed by atoms with E-state index in [0.29, 0.717) is 28.0 Å². The fourth-order valence-corrected chi connectivity index (χ4v) is 3.96. The molecule has 1 atom stereocenters. The number of rotatable bonds is 6. The first-order chi connectivity index (χ1) is 15.3. The van der Waals surface area contributed by atoms with Crippen molar-refractivity contribution >= 4 is 34.9 Å². The minimum Gasteiger partial charge on any atom is -0.493 e. The SMILES string of the molecule is COc1ccc(-c2c(C)nn3c2NC(=O)C3CC(=O)Nc2ccc(C)c(Cl)c2)cc1OC. The largest absolute Gasteiger partial charge is 0.493 e. The second kappa shape index (κ2) is 8.55. The summed E-state index contributed by atoms with van der Waals surface area (Å²) in [5.74, 6) is 1.13. The number of fused-ring (bicyclic) bond motifs is 1. The van der Waals surface area contributed by atoms with Crippen molar-refractivity contribution in [3.63, 3.8) is 0 Å². The van der Waals surface area contributed by atoms with E-state index in [-0.39, 0.29) is 18.2 Å². The highest BCUT2D eigenvalue weighted by Crippen LogP contribution is 2.41. The number of methoxy groups -OCH3 is 2. The first kappa shape index (κ1) is 21.7. The number of hydrogen-bond acceptors (Lipinski definition) is 5. The molecule has 0 bridgehead atoms. The Kier molecular flexibility index (Phi) is 5.80. The zero-order valence-corrected chi connectivity index (χ0v) is 18.9. The van der Waals surface area contributed by atoms with Gasteiger partial charge >= 0.3 is 0 Å². The standard InChI is InChI=1S/C23H23ClN4O4/c1-12-5-7-15(10-16(12)24)25-20(29)11-17-23(30)26-22-21(13(2)27-28(17)22)14-6-8-18(31-3)19(9-14)32-4/h5-10,17H,11H2,1-4H3,(H,25,29)(H,26,30). The van der Waals surface area contributed by atoms with Gasteiger partial charge in [-0.05, 0) is 49.2 Å². The van der Waals surface area contributed by atoms with Crippen LogP contribution in [0.25, 0.3) is 11.1 Å². The average molecular weight is 455 g/mol. The van der Waals surface area contributed by atoms with Crippen LogP contribution in [-0.4, -0.2) is 35.8 Å². The van der Waals surface area contributed by atoms with Gasteiger partial charge in [-0.3, -0.25) is 9.59 Å². The number of ether oxygens (including phenoxy) is 2. The quantitative estimate of drug-likeness (QED) is 0.577. The zero-order valence-electron chi connectivity index (χ0n) is 18.2. The highest BCUT2D eigenvalue weighted by atomic mass is 35.5. The van der Waals surface area contributed by atoms with Gasteiger partial charge in [-0.1, -0.05) is 23.7 Å². The Hall–Kier alpha value is -3.52. The van der Waals surface area contributed by atoms with Crippen LogP contribution in [0, 0.1) is 13.8 Å². The summed E-state index contributed by atoms with van der Waals surface area (Å²) in [5, 5.41) is 10.8. The van der Waals surface area contributed by atoms with Crippen molar-refractivity contribution in [2.24, 2.45) is 0 Å². The minimum atomic E-state index is -0.751. The van der Waals surface area contributed by atoms with E-state index in [9.17, 15) is 9.59 Å². The molecule has 0 spiro atoms. The molecule has 4 rings (SSSR count). The molecular formula is C23H23ClN4O4. The van der Waals surface area contributed by atoms with Crippen LogP contribution in [0.5, 0.6) is 11.5 Å². The van der Waals surface area contributed by atoms with Gasteiger partial charge in [0.15, 0.2) is 11.5 Å². The van der Waals surface area contributed by atoms with E-state index < -0.39 is 6.04 Å². The number of anilines is 2. The zero-order chi connectivity index (χ0) is 23.0. The van der Waals surface area contributed by atoms with E-state index >= 15 is 0 Å². The molecule has 0 saturated carbocycles. The fraction of sp³-hybridized carbons (Fsp3) is 0.261. The van der Waals surface area contributed by atoms with E-state index in [2.05, 4.69) is 15.7 Å². The van der Waals surface area contributed by atoms with E-state index in [4.69, 9.17) is 21.1 Å². The van der Waals surface area contributed by atoms with Crippen molar-refractivity contribution in [3.8, 4) is 22.6 Å². The van der Waals surface area contributed by atoms with E-state index in [1.807, 2.05) is 32.0 Å². The van der Waals surface area contributed by atoms with Crippen LogP contribution in [0.1, 0.15) is 23.7 Å². The van der Waals surface area contributed by atoms with Gasteiger partial charge in [-0.2, -0.15) is 5.10 Å². The van der Waals surface area contributed by atoms with Crippen LogP contribution in [0.2, 0.25) is 5.02 Å². The Morgan fingerprint density at radius 1 is 1.16 bits per heavy atom. The molecule has 2 N–H and O–H groups in total. The number of benzene rings is 2. The first-order valence-electron chi connectivity index (χ1n) is 10.0. The fourth-order valence-electron chi connectivity index (χ4n) is 3.78. The molecular weight excluding hydrogens is 432 g/mol. The summed E-state index contributed by atoms with van der Waals surface area (Å²) in [4.78, 5) is 25.3. The molecule has 1 aromatic heterocycles. The molecule has 0 radical (unpaired) electrons. The molecule has 3 aromatic rings. The summed E-state index contributed by atoms with van der Waals surface area (Å²) in [7, 11) is 3.13. The molecule has 0 aliphatic carbocycles. The smallest absolute Gasteiger partial charge is 0.251 e. The van der Waals surface area contributed by atoms with Gasteiger partial charge in [0.2, 0.25) is 5.91 Å². The van der Waals surface area contributed by atoms with Crippen molar-refractivity contribution < 1.29 is 19.1 Å². The summed E-state index contributed by atoms with van der Waals surface area (Å²) in [6, 6.07) is 10.0. The van der Waals surface area contributed by atoms with E-state index in [1.54, 1.807) is 37.1 Å². The summed E-state index contributed by atoms with van der Waals surface area (Å²) in [5.41, 5.74) is 3.81. The molecule has 166 valence electrons. The van der Waals surface area contributed by atoms with Crippen molar-refractivity contribution in [1.82, 2.24) is 9.78 Å². The van der Waals surface area contributed by atoms with Crippen molar-refractivity contribution in [2.75, 3.05) is 24.9 Å². The van der Waals surface area contributed by atoms with Crippen LogP contribution in [0.15, 0.2) is 36.4 Å². The predicted octanol–water partition coefficient (Wildman–Crippen LogP) is 4.36. The van der Waals surface area contributed by atoms with Crippen molar-refractivity contribution in [2.45, 2.75) is 26.3 Å². The molecule has 2 heterocycles. The molecule has 2 aromatic carbocycles. The topological polar surface area (TPSA) is 94.5 Å². The van der Waals surface area contributed by atoms with Gasteiger partial charge in [0.25, 0.3) is 5.91 Å². The predicted molar refractivity (Wildman–Crippen MR) is 123 cm³/mol. The van der Waals surface area contributed by atoms with Crippen molar-refractivity contribution in [1.29, 1.82) is 0 Å². The first-order valence-corrected chi connectivity index (χ1v) is 10.4. The normalized spacial score (nSPS) is 14.7. The number of aromatic nitrogens is 2. The molecule has 1 unspecified atom stereocenters. The lowest BCUT2D eigenvalue weighted by Gasteiger charge is -2.10. The third-order valence-electron chi connectivity index (χ3n) is 5.43. The highest BCUT2D eigenvalue weighted by molar-refractivity contribution is 6.31. The average Bonchev–Trinajstić information content (AvgIpc) is 3.23. The maximum absolute atomic E-state index is 12.7. The van der Waals surface area contributed by atoms with Gasteiger partial charge in [-0.15, -0.1) is 0 Å². The number of nitrogens with zero attached hydrogens (tertiary/aromatic N) is 2. The van der Waals surface area contributed by atoms with Crippen molar-refractivity contribution in [3.05, 3.63) is 52.7 Å². The van der Waals surface area contributed by atoms with Crippen LogP contribution in [0.3, 0.4) is 0 Å². The lowest BCUT2D eigenvalue weighted by atomic mass is 10.1. The lowest BCUT2D eigenvalue weighted by molar-refractivity contribution is -0.123. The van der Waals surface area contributed by atoms with Crippen LogP contribution in [-0.2, 0) is 9.59 Å². The number of carbonyl (C=O) groups is 2. The highest BCUT2D eigenvalue weighted by Gasteiger charge is 2.36. The van der Waals surface area contributed by atoms with Gasteiger partial charge in [0.1, 0.15) is 11.9 Å². The second-order valence-corrected chi connectivity index (χ2v) is 7.95. The third-order valence-corrected chi connectivity index (χ3v) is 5.84. The molecule has 1 aliphatic heterocycles. The van der Waals surface area contributed by atoms with Crippen LogP contribution < -0.4 is 20.1 Å². The Morgan fingerprint density at radius 3 is 2.59 bits per heavy atom. The van der Waals surface area contributed by atoms with Gasteiger partial charge in [-0.25, -0.2) is 4.68 Å². The molecule has 8 nitrogen and oxygen atoms in total. The summed E-state index contributed by atoms with van der Waals surface area (Å²) >= 11 is 6.13. The van der Waals surface area contributed by atoms with Gasteiger partial charge in [0.05, 0.1) is 26.3 Å². The maximum atomic E-state index is 12.7. The van der Waals surface area contributed by atoms with E-state index in [0.717, 1.165) is 22.4 Å². The minimum absolute atomic E-state index is 0.0587. The number of nitrogens with one attached hydrogen (secondary N) is 2. The molecule has 0 saturated heterocycles. The molecule has 32 heavy (non-hydrogen) atoms. The Bertz CT molecular complexity index is 1220. The second-order valence-electron chi connectivity index (χ2n) is 7.54. The van der Waals surface area contributed by atoms with Gasteiger partial charge < -0.3 is 20.1 Å². The summed E-state index contributed by atoms with van der Waals surface area (Å²) < 4.78 is 12.3. The Morgan fingerprint density at radius 2 is 1.91 bits per heavy atom. The molecule has 9 heteroatoms. The molecule has 2 amide bonds.